The third-order valence-electron chi connectivity index (χ3n) is 3.70. The summed E-state index contributed by atoms with van der Waals surface area (Å²) in [5.41, 5.74) is -0.284. The molecular weight excluding hydrogens is 349 g/mol. The molecule has 2 N–H and O–H groups in total. The molecule has 0 radical (unpaired) electrons. The lowest BCUT2D eigenvalue weighted by molar-refractivity contribution is 0.0383. The number of carbonyl (C=O) groups is 1. The predicted octanol–water partition coefficient (Wildman–Crippen LogP) is 0.574. The van der Waals surface area contributed by atoms with Gasteiger partial charge in [-0.2, -0.15) is 0 Å². The van der Waals surface area contributed by atoms with Crippen LogP contribution >= 0.6 is 0 Å². The number of morpholine rings is 1. The maximum Gasteiger partial charge on any atom is 0.254 e. The van der Waals surface area contributed by atoms with Gasteiger partial charge in [0.2, 0.25) is 10.0 Å². The molecule has 0 atom stereocenters. The normalized spacial score (nSPS) is 16.2. The van der Waals surface area contributed by atoms with Crippen molar-refractivity contribution < 1.29 is 22.3 Å². The lowest BCUT2D eigenvalue weighted by Crippen LogP contribution is -2.41. The molecule has 9 heteroatoms. The van der Waals surface area contributed by atoms with E-state index in [-0.39, 0.29) is 16.5 Å². The number of carbonyl (C=O) groups excluding carboxylic acids is 1. The Hall–Kier alpha value is -1.55. The van der Waals surface area contributed by atoms with Gasteiger partial charge in [0.25, 0.3) is 5.91 Å². The first kappa shape index (κ1) is 19.8. The van der Waals surface area contributed by atoms with Crippen molar-refractivity contribution >= 4 is 15.9 Å². The number of nitrogens with zero attached hydrogens (tertiary/aromatic N) is 1. The first-order chi connectivity index (χ1) is 11.8. The summed E-state index contributed by atoms with van der Waals surface area (Å²) in [6.45, 7) is 7.23. The van der Waals surface area contributed by atoms with Gasteiger partial charge in [-0.05, 0) is 32.0 Å². The number of amides is 1. The summed E-state index contributed by atoms with van der Waals surface area (Å²) in [7, 11) is -3.79. The molecule has 0 aromatic heterocycles. The fourth-order valence-electron chi connectivity index (χ4n) is 2.47. The molecule has 0 saturated carbocycles. The van der Waals surface area contributed by atoms with Crippen LogP contribution in [0.25, 0.3) is 0 Å². The van der Waals surface area contributed by atoms with Gasteiger partial charge in [-0.1, -0.05) is 0 Å². The third-order valence-corrected chi connectivity index (χ3v) is 5.36. The molecule has 1 aromatic rings. The van der Waals surface area contributed by atoms with Gasteiger partial charge in [-0.3, -0.25) is 9.69 Å². The first-order valence-corrected chi connectivity index (χ1v) is 9.68. The largest absolute Gasteiger partial charge is 0.379 e. The Kier molecular flexibility index (Phi) is 6.88. The quantitative estimate of drug-likeness (QED) is 0.730. The second-order valence-electron chi connectivity index (χ2n) is 6.13. The lowest BCUT2D eigenvalue weighted by atomic mass is 10.2. The molecule has 1 aliphatic heterocycles. The van der Waals surface area contributed by atoms with Crippen LogP contribution in [0.2, 0.25) is 0 Å². The highest BCUT2D eigenvalue weighted by atomic mass is 32.2. The number of benzene rings is 1. The minimum atomic E-state index is -3.79. The topological polar surface area (TPSA) is 87.7 Å². The van der Waals surface area contributed by atoms with Crippen LogP contribution in [-0.4, -0.2) is 64.7 Å². The fourth-order valence-corrected chi connectivity index (χ4v) is 3.75. The zero-order chi connectivity index (χ0) is 18.4. The molecule has 1 saturated heterocycles. The minimum absolute atomic E-state index is 0.138. The molecule has 1 amide bonds. The van der Waals surface area contributed by atoms with Crippen LogP contribution < -0.4 is 10.0 Å². The van der Waals surface area contributed by atoms with Crippen LogP contribution in [0.3, 0.4) is 0 Å². The average Bonchev–Trinajstić information content (AvgIpc) is 2.54. The zero-order valence-corrected chi connectivity index (χ0v) is 15.2. The van der Waals surface area contributed by atoms with Gasteiger partial charge in [0, 0.05) is 32.2 Å². The van der Waals surface area contributed by atoms with Crippen LogP contribution in [0.1, 0.15) is 24.2 Å². The molecule has 0 spiro atoms. The summed E-state index contributed by atoms with van der Waals surface area (Å²) < 4.78 is 45.9. The number of sulfonamides is 1. The van der Waals surface area contributed by atoms with Crippen LogP contribution in [0.4, 0.5) is 4.39 Å². The monoisotopic (exact) mass is 373 g/mol. The van der Waals surface area contributed by atoms with E-state index in [1.54, 1.807) is 13.8 Å². The third kappa shape index (κ3) is 5.74. The molecule has 0 aliphatic carbocycles. The summed E-state index contributed by atoms with van der Waals surface area (Å²) in [6, 6.07) is 2.89. The van der Waals surface area contributed by atoms with Gasteiger partial charge < -0.3 is 10.1 Å². The van der Waals surface area contributed by atoms with Crippen molar-refractivity contribution in [2.45, 2.75) is 24.8 Å². The molecule has 1 aromatic carbocycles. The Morgan fingerprint density at radius 2 is 2.00 bits per heavy atom. The highest BCUT2D eigenvalue weighted by molar-refractivity contribution is 7.89. The fraction of sp³-hybridized carbons (Fsp3) is 0.562. The molecule has 1 heterocycles. The van der Waals surface area contributed by atoms with E-state index in [1.807, 2.05) is 0 Å². The predicted molar refractivity (Wildman–Crippen MR) is 91.4 cm³/mol. The smallest absolute Gasteiger partial charge is 0.254 e. The van der Waals surface area contributed by atoms with E-state index >= 15 is 0 Å². The standard InChI is InChI=1S/C16H24FN3O4S/c1-12(2)19-25(22,23)13-3-4-15(17)14(11-13)16(21)18-5-6-20-7-9-24-10-8-20/h3-4,11-12,19H,5-10H2,1-2H3,(H,18,21). The summed E-state index contributed by atoms with van der Waals surface area (Å²) in [6.07, 6.45) is 0. The second-order valence-corrected chi connectivity index (χ2v) is 7.84. The number of nitrogens with one attached hydrogen (secondary N) is 2. The number of rotatable bonds is 7. The van der Waals surface area contributed by atoms with Crippen molar-refractivity contribution in [1.29, 1.82) is 0 Å². The van der Waals surface area contributed by atoms with E-state index in [1.165, 1.54) is 0 Å². The maximum atomic E-state index is 13.9. The molecule has 0 bridgehead atoms. The van der Waals surface area contributed by atoms with Gasteiger partial charge in [-0.25, -0.2) is 17.5 Å². The van der Waals surface area contributed by atoms with Crippen molar-refractivity contribution in [2.24, 2.45) is 0 Å². The van der Waals surface area contributed by atoms with E-state index in [9.17, 15) is 17.6 Å². The zero-order valence-electron chi connectivity index (χ0n) is 14.4. The Morgan fingerprint density at radius 1 is 1.32 bits per heavy atom. The molecule has 1 aliphatic rings. The highest BCUT2D eigenvalue weighted by Crippen LogP contribution is 2.15. The van der Waals surface area contributed by atoms with Crippen LogP contribution in [-0.2, 0) is 14.8 Å². The van der Waals surface area contributed by atoms with Gasteiger partial charge in [0.15, 0.2) is 0 Å². The Bertz CT molecular complexity index is 703. The molecule has 2 rings (SSSR count). The number of halogens is 1. The number of ether oxygens (including phenoxy) is 1. The maximum absolute atomic E-state index is 13.9. The van der Waals surface area contributed by atoms with Gasteiger partial charge in [0.05, 0.1) is 23.7 Å². The van der Waals surface area contributed by atoms with E-state index in [0.29, 0.717) is 26.3 Å². The molecule has 25 heavy (non-hydrogen) atoms. The van der Waals surface area contributed by atoms with Crippen molar-refractivity contribution in [1.82, 2.24) is 14.9 Å². The summed E-state index contributed by atoms with van der Waals surface area (Å²) in [5, 5.41) is 2.63. The van der Waals surface area contributed by atoms with Crippen LogP contribution in [0.5, 0.6) is 0 Å². The van der Waals surface area contributed by atoms with Crippen molar-refractivity contribution in [2.75, 3.05) is 39.4 Å². The van der Waals surface area contributed by atoms with Crippen LogP contribution in [0, 0.1) is 5.82 Å². The second kappa shape index (κ2) is 8.70. The minimum Gasteiger partial charge on any atom is -0.379 e. The van der Waals surface area contributed by atoms with E-state index in [4.69, 9.17) is 4.74 Å². The Morgan fingerprint density at radius 3 is 2.64 bits per heavy atom. The molecule has 140 valence electrons. The average molecular weight is 373 g/mol. The highest BCUT2D eigenvalue weighted by Gasteiger charge is 2.20. The van der Waals surface area contributed by atoms with E-state index < -0.39 is 21.7 Å². The number of hydrogen-bond donors (Lipinski definition) is 2. The molecular formula is C16H24FN3O4S. The molecule has 7 nitrogen and oxygen atoms in total. The van der Waals surface area contributed by atoms with Gasteiger partial charge in [-0.15, -0.1) is 0 Å². The Labute approximate surface area is 147 Å². The first-order valence-electron chi connectivity index (χ1n) is 8.20. The summed E-state index contributed by atoms with van der Waals surface area (Å²) in [5.74, 6) is -1.39. The molecule has 1 fully saturated rings. The van der Waals surface area contributed by atoms with Crippen LogP contribution in [0.15, 0.2) is 23.1 Å². The van der Waals surface area contributed by atoms with Gasteiger partial charge >= 0.3 is 0 Å². The summed E-state index contributed by atoms with van der Waals surface area (Å²) >= 11 is 0. The SMILES string of the molecule is CC(C)NS(=O)(=O)c1ccc(F)c(C(=O)NCCN2CCOCC2)c1. The van der Waals surface area contributed by atoms with E-state index in [2.05, 4.69) is 14.9 Å². The van der Waals surface area contributed by atoms with Gasteiger partial charge in [0.1, 0.15) is 5.82 Å². The lowest BCUT2D eigenvalue weighted by Gasteiger charge is -2.26. The Balaban J connectivity index is 2.02. The summed E-state index contributed by atoms with van der Waals surface area (Å²) in [4.78, 5) is 14.2. The number of hydrogen-bond acceptors (Lipinski definition) is 5. The van der Waals surface area contributed by atoms with Crippen molar-refractivity contribution in [3.8, 4) is 0 Å². The van der Waals surface area contributed by atoms with Crippen molar-refractivity contribution in [3.05, 3.63) is 29.6 Å². The molecule has 0 unspecified atom stereocenters. The van der Waals surface area contributed by atoms with Crippen molar-refractivity contribution in [3.63, 3.8) is 0 Å². The van der Waals surface area contributed by atoms with E-state index in [0.717, 1.165) is 31.3 Å².